The molecule has 0 aromatic heterocycles. The number of benzene rings is 1. The van der Waals surface area contributed by atoms with E-state index in [1.165, 1.54) is 0 Å². The molecular formula is C9H8Cl3. The van der Waals surface area contributed by atoms with Gasteiger partial charge in [-0.3, -0.25) is 0 Å². The van der Waals surface area contributed by atoms with E-state index in [9.17, 15) is 0 Å². The maximum absolute atomic E-state index is 5.76. The number of aryl methyl sites for hydroxylation is 1. The van der Waals surface area contributed by atoms with Crippen molar-refractivity contribution in [1.82, 2.24) is 0 Å². The van der Waals surface area contributed by atoms with Crippen LogP contribution in [0.2, 0.25) is 0 Å². The average Bonchev–Trinajstić information content (AvgIpc) is 2.03. The Bertz CT molecular complexity index is 263. The van der Waals surface area contributed by atoms with Gasteiger partial charge < -0.3 is 0 Å². The number of hydrogen-bond acceptors (Lipinski definition) is 0. The van der Waals surface area contributed by atoms with Crippen LogP contribution in [0.3, 0.4) is 0 Å². The zero-order valence-corrected chi connectivity index (χ0v) is 8.84. The lowest BCUT2D eigenvalue weighted by molar-refractivity contribution is 1.07. The van der Waals surface area contributed by atoms with Crippen molar-refractivity contribution in [1.29, 1.82) is 0 Å². The van der Waals surface area contributed by atoms with Crippen molar-refractivity contribution in [2.75, 3.05) is 0 Å². The van der Waals surface area contributed by atoms with Crippen LogP contribution < -0.4 is 0 Å². The van der Waals surface area contributed by atoms with E-state index in [0.29, 0.717) is 0 Å². The largest absolute Gasteiger partial charge is 0.216 e. The summed E-state index contributed by atoms with van der Waals surface area (Å²) in [5.41, 5.74) is 1.77. The summed E-state index contributed by atoms with van der Waals surface area (Å²) in [6.45, 7) is 2.02. The van der Waals surface area contributed by atoms with Crippen LogP contribution in [0.15, 0.2) is 18.2 Å². The van der Waals surface area contributed by atoms with Gasteiger partial charge in [0.2, 0.25) is 3.79 Å². The molecule has 0 aliphatic carbocycles. The van der Waals surface area contributed by atoms with Crippen LogP contribution in [0.4, 0.5) is 0 Å². The van der Waals surface area contributed by atoms with Crippen molar-refractivity contribution in [3.63, 3.8) is 0 Å². The third-order valence-electron chi connectivity index (χ3n) is 1.64. The minimum absolute atomic E-state index is 0.744. The Kier molecular flexibility index (Phi) is 3.28. The van der Waals surface area contributed by atoms with Gasteiger partial charge in [0, 0.05) is 5.56 Å². The van der Waals surface area contributed by atoms with Crippen molar-refractivity contribution in [3.8, 4) is 0 Å². The van der Waals surface area contributed by atoms with E-state index >= 15 is 0 Å². The van der Waals surface area contributed by atoms with Crippen LogP contribution in [0.1, 0.15) is 18.1 Å². The van der Waals surface area contributed by atoms with E-state index in [2.05, 4.69) is 6.07 Å². The first-order valence-electron chi connectivity index (χ1n) is 3.62. The van der Waals surface area contributed by atoms with Gasteiger partial charge in [0.25, 0.3) is 0 Å². The summed E-state index contributed by atoms with van der Waals surface area (Å²) in [6.07, 6.45) is 0.848. The lowest BCUT2D eigenvalue weighted by Gasteiger charge is -2.14. The summed E-state index contributed by atoms with van der Waals surface area (Å²) in [4.78, 5) is 0. The molecule has 0 bridgehead atoms. The molecule has 12 heavy (non-hydrogen) atoms. The molecule has 0 N–H and O–H groups in total. The second kappa shape index (κ2) is 3.87. The van der Waals surface area contributed by atoms with Crippen LogP contribution in [0, 0.1) is 6.07 Å². The molecule has 0 nitrogen and oxygen atoms in total. The topological polar surface area (TPSA) is 0 Å². The minimum atomic E-state index is -1.32. The van der Waals surface area contributed by atoms with Crippen molar-refractivity contribution in [2.24, 2.45) is 0 Å². The SMILES string of the molecule is CCc1c[c]ccc1C(Cl)(Cl)Cl. The van der Waals surface area contributed by atoms with E-state index in [0.717, 1.165) is 17.5 Å². The fourth-order valence-corrected chi connectivity index (χ4v) is 1.59. The predicted molar refractivity (Wildman–Crippen MR) is 53.9 cm³/mol. The zero-order chi connectivity index (χ0) is 9.19. The average molecular weight is 223 g/mol. The quantitative estimate of drug-likeness (QED) is 0.633. The second-order valence-electron chi connectivity index (χ2n) is 2.43. The van der Waals surface area contributed by atoms with E-state index in [1.54, 1.807) is 12.1 Å². The van der Waals surface area contributed by atoms with Gasteiger partial charge in [-0.15, -0.1) is 0 Å². The summed E-state index contributed by atoms with van der Waals surface area (Å²) in [5, 5.41) is 0. The first kappa shape index (κ1) is 10.2. The third kappa shape index (κ3) is 2.29. The van der Waals surface area contributed by atoms with E-state index in [4.69, 9.17) is 34.8 Å². The summed E-state index contributed by atoms with van der Waals surface area (Å²) in [5.74, 6) is 0. The van der Waals surface area contributed by atoms with Crippen LogP contribution in [-0.2, 0) is 10.2 Å². The lowest BCUT2D eigenvalue weighted by atomic mass is 10.1. The van der Waals surface area contributed by atoms with Crippen molar-refractivity contribution < 1.29 is 0 Å². The lowest BCUT2D eigenvalue weighted by Crippen LogP contribution is -2.04. The molecule has 0 aliphatic heterocycles. The standard InChI is InChI=1S/C9H8Cl3/c1-2-7-5-3-4-6-8(7)9(10,11)12/h4-6H,2H2,1H3. The van der Waals surface area contributed by atoms with Gasteiger partial charge >= 0.3 is 0 Å². The molecule has 3 heteroatoms. The Labute approximate surface area is 87.4 Å². The Morgan fingerprint density at radius 2 is 2.08 bits per heavy atom. The molecule has 0 atom stereocenters. The maximum atomic E-state index is 5.76. The molecule has 0 fully saturated rings. The Balaban J connectivity index is 3.14. The molecule has 1 radical (unpaired) electrons. The van der Waals surface area contributed by atoms with E-state index in [1.807, 2.05) is 13.0 Å². The van der Waals surface area contributed by atoms with Crippen molar-refractivity contribution in [3.05, 3.63) is 35.4 Å². The highest BCUT2D eigenvalue weighted by Gasteiger charge is 2.24. The van der Waals surface area contributed by atoms with Gasteiger partial charge in [-0.05, 0) is 18.1 Å². The molecule has 0 saturated heterocycles. The summed E-state index contributed by atoms with van der Waals surface area (Å²) in [7, 11) is 0. The monoisotopic (exact) mass is 221 g/mol. The molecule has 0 heterocycles. The van der Waals surface area contributed by atoms with E-state index < -0.39 is 3.79 Å². The van der Waals surface area contributed by atoms with Gasteiger partial charge in [-0.1, -0.05) is 59.9 Å². The zero-order valence-electron chi connectivity index (χ0n) is 6.57. The van der Waals surface area contributed by atoms with Crippen molar-refractivity contribution >= 4 is 34.8 Å². The molecule has 0 unspecified atom stereocenters. The predicted octanol–water partition coefficient (Wildman–Crippen LogP) is 3.88. The minimum Gasteiger partial charge on any atom is -0.0784 e. The maximum Gasteiger partial charge on any atom is 0.216 e. The van der Waals surface area contributed by atoms with Crippen LogP contribution >= 0.6 is 34.8 Å². The number of halogens is 3. The molecule has 1 rings (SSSR count). The first-order chi connectivity index (χ1) is 5.55. The van der Waals surface area contributed by atoms with Gasteiger partial charge in [0.05, 0.1) is 0 Å². The van der Waals surface area contributed by atoms with Gasteiger partial charge in [0.1, 0.15) is 0 Å². The molecule has 0 aliphatic rings. The molecule has 1 aromatic rings. The Hall–Kier alpha value is 0.0900. The molecule has 0 spiro atoms. The smallest absolute Gasteiger partial charge is 0.0784 e. The Morgan fingerprint density at radius 1 is 1.42 bits per heavy atom. The molecule has 65 valence electrons. The molecule has 0 saturated carbocycles. The van der Waals surface area contributed by atoms with Gasteiger partial charge in [0.15, 0.2) is 0 Å². The third-order valence-corrected chi connectivity index (χ3v) is 2.25. The van der Waals surface area contributed by atoms with Crippen molar-refractivity contribution in [2.45, 2.75) is 17.1 Å². The van der Waals surface area contributed by atoms with Crippen LogP contribution in [0.25, 0.3) is 0 Å². The number of hydrogen-bond donors (Lipinski definition) is 0. The summed E-state index contributed by atoms with van der Waals surface area (Å²) < 4.78 is -1.32. The Morgan fingerprint density at radius 3 is 2.50 bits per heavy atom. The molecular weight excluding hydrogens is 214 g/mol. The molecule has 1 aromatic carbocycles. The highest BCUT2D eigenvalue weighted by atomic mass is 35.6. The number of rotatable bonds is 1. The molecule has 0 amide bonds. The van der Waals surface area contributed by atoms with Crippen LogP contribution in [0.5, 0.6) is 0 Å². The highest BCUT2D eigenvalue weighted by molar-refractivity contribution is 6.66. The fourth-order valence-electron chi connectivity index (χ4n) is 1.03. The normalized spacial score (nSPS) is 11.7. The highest BCUT2D eigenvalue weighted by Crippen LogP contribution is 2.39. The summed E-state index contributed by atoms with van der Waals surface area (Å²) >= 11 is 17.3. The summed E-state index contributed by atoms with van der Waals surface area (Å²) in [6, 6.07) is 8.32. The fraction of sp³-hybridized carbons (Fsp3) is 0.333. The van der Waals surface area contributed by atoms with Gasteiger partial charge in [-0.2, -0.15) is 0 Å². The number of alkyl halides is 3. The van der Waals surface area contributed by atoms with Gasteiger partial charge in [-0.25, -0.2) is 0 Å². The van der Waals surface area contributed by atoms with Crippen LogP contribution in [-0.4, -0.2) is 0 Å². The first-order valence-corrected chi connectivity index (χ1v) is 4.75. The second-order valence-corrected chi connectivity index (χ2v) is 4.72. The van der Waals surface area contributed by atoms with E-state index in [-0.39, 0.29) is 0 Å².